The molecule has 4 atom stereocenters. The molecule has 5 rings (SSSR count). The second-order valence-electron chi connectivity index (χ2n) is 8.96. The summed E-state index contributed by atoms with van der Waals surface area (Å²) in [5, 5.41) is 23.6. The number of aliphatic hydroxyl groups excluding tert-OH is 2. The van der Waals surface area contributed by atoms with Crippen LogP contribution in [0.5, 0.6) is 0 Å². The highest BCUT2D eigenvalue weighted by Gasteiger charge is 2.50. The molecule has 166 valence electrons. The van der Waals surface area contributed by atoms with Crippen molar-refractivity contribution in [3.05, 3.63) is 52.9 Å². The van der Waals surface area contributed by atoms with Crippen LogP contribution < -0.4 is 11.5 Å². The number of nitrogens with zero attached hydrogens (tertiary/aromatic N) is 4. The third-order valence-corrected chi connectivity index (χ3v) is 7.49. The van der Waals surface area contributed by atoms with Crippen LogP contribution in [-0.4, -0.2) is 41.9 Å². The van der Waals surface area contributed by atoms with E-state index in [0.29, 0.717) is 23.7 Å². The summed E-state index contributed by atoms with van der Waals surface area (Å²) in [7, 11) is 0. The van der Waals surface area contributed by atoms with E-state index in [0.717, 1.165) is 39.2 Å². The number of hydrogen-bond acceptors (Lipinski definition) is 7. The molecule has 1 fully saturated rings. The molecule has 4 aromatic rings. The summed E-state index contributed by atoms with van der Waals surface area (Å²) in [5.74, 6) is 0.865. The lowest BCUT2D eigenvalue weighted by molar-refractivity contribution is -0.0241. The molecule has 6 N–H and O–H groups in total. The number of anilines is 2. The van der Waals surface area contributed by atoms with Crippen molar-refractivity contribution < 1.29 is 10.2 Å². The van der Waals surface area contributed by atoms with Crippen LogP contribution in [-0.2, 0) is 6.42 Å². The summed E-state index contributed by atoms with van der Waals surface area (Å²) in [5.41, 5.74) is 14.1. The van der Waals surface area contributed by atoms with Gasteiger partial charge in [-0.3, -0.25) is 0 Å². The molecule has 1 aromatic carbocycles. The number of aromatic nitrogens is 4. The average Bonchev–Trinajstić information content (AvgIpc) is 3.29. The number of nitrogens with two attached hydrogens (primary N) is 2. The third-order valence-electron chi connectivity index (χ3n) is 6.85. The first-order chi connectivity index (χ1) is 15.3. The van der Waals surface area contributed by atoms with Gasteiger partial charge in [-0.15, -0.1) is 0 Å². The van der Waals surface area contributed by atoms with Gasteiger partial charge in [-0.25, -0.2) is 15.0 Å². The monoisotopic (exact) mass is 496 g/mol. The maximum atomic E-state index is 11.0. The Hall–Kier alpha value is -2.75. The summed E-state index contributed by atoms with van der Waals surface area (Å²) in [6.07, 6.45) is 3.62. The molecule has 3 heterocycles. The molecule has 0 saturated heterocycles. The standard InChI is InChI=1S/C23H25BrN6O2/c1-23(6-4-12-2-3-13-9-15(24)21(26)29-16(13)8-12)10-17(18(31)19(23)32)30-7-5-14-20(25)27-11-28-22(14)30/h2-3,5,7-9,11,17-19,31-32H,4,6,10H2,1H3,(H2,26,29)(H2,25,27,28)/t17-,18+,19+,23?/m1/s1. The smallest absolute Gasteiger partial charge is 0.145 e. The van der Waals surface area contributed by atoms with Crippen LogP contribution in [0.4, 0.5) is 11.6 Å². The van der Waals surface area contributed by atoms with E-state index in [9.17, 15) is 10.2 Å². The minimum Gasteiger partial charge on any atom is -0.390 e. The molecule has 1 saturated carbocycles. The van der Waals surface area contributed by atoms with Crippen molar-refractivity contribution in [2.45, 2.75) is 44.4 Å². The van der Waals surface area contributed by atoms with Crippen LogP contribution in [0.1, 0.15) is 31.4 Å². The van der Waals surface area contributed by atoms with Gasteiger partial charge in [0.15, 0.2) is 0 Å². The van der Waals surface area contributed by atoms with Gasteiger partial charge in [0.2, 0.25) is 0 Å². The molecule has 1 unspecified atom stereocenters. The molecule has 8 nitrogen and oxygen atoms in total. The summed E-state index contributed by atoms with van der Waals surface area (Å²) >= 11 is 3.41. The molecule has 3 aromatic heterocycles. The Balaban J connectivity index is 1.38. The normalized spacial score (nSPS) is 25.7. The fourth-order valence-electron chi connectivity index (χ4n) is 4.90. The maximum absolute atomic E-state index is 11.0. The molecule has 1 aliphatic carbocycles. The first-order valence-electron chi connectivity index (χ1n) is 10.5. The zero-order chi connectivity index (χ0) is 22.6. The Bertz CT molecular complexity index is 1320. The van der Waals surface area contributed by atoms with Crippen LogP contribution in [0.3, 0.4) is 0 Å². The Morgan fingerprint density at radius 3 is 2.78 bits per heavy atom. The predicted molar refractivity (Wildman–Crippen MR) is 128 cm³/mol. The van der Waals surface area contributed by atoms with Crippen LogP contribution in [0.2, 0.25) is 0 Å². The van der Waals surface area contributed by atoms with Crippen LogP contribution in [0.25, 0.3) is 21.9 Å². The van der Waals surface area contributed by atoms with E-state index in [1.807, 2.05) is 42.0 Å². The van der Waals surface area contributed by atoms with Crippen molar-refractivity contribution in [2.24, 2.45) is 5.41 Å². The summed E-state index contributed by atoms with van der Waals surface area (Å²) in [6.45, 7) is 2.03. The Morgan fingerprint density at radius 2 is 1.97 bits per heavy atom. The van der Waals surface area contributed by atoms with Crippen molar-refractivity contribution >= 4 is 49.5 Å². The largest absolute Gasteiger partial charge is 0.390 e. The van der Waals surface area contributed by atoms with Crippen molar-refractivity contribution in [2.75, 3.05) is 11.5 Å². The van der Waals surface area contributed by atoms with E-state index in [1.165, 1.54) is 6.33 Å². The van der Waals surface area contributed by atoms with Crippen molar-refractivity contribution in [3.63, 3.8) is 0 Å². The van der Waals surface area contributed by atoms with Gasteiger partial charge >= 0.3 is 0 Å². The highest BCUT2D eigenvalue weighted by molar-refractivity contribution is 9.10. The van der Waals surface area contributed by atoms with Crippen LogP contribution in [0.15, 0.2) is 47.3 Å². The lowest BCUT2D eigenvalue weighted by Gasteiger charge is -2.28. The first-order valence-corrected chi connectivity index (χ1v) is 11.3. The van der Waals surface area contributed by atoms with Gasteiger partial charge in [0, 0.05) is 11.6 Å². The van der Waals surface area contributed by atoms with Gasteiger partial charge in [-0.1, -0.05) is 19.1 Å². The van der Waals surface area contributed by atoms with Gasteiger partial charge in [-0.2, -0.15) is 0 Å². The number of pyridine rings is 1. The zero-order valence-corrected chi connectivity index (χ0v) is 19.2. The lowest BCUT2D eigenvalue weighted by atomic mass is 9.80. The number of aryl methyl sites for hydroxylation is 1. The number of rotatable bonds is 4. The van der Waals surface area contributed by atoms with Gasteiger partial charge in [0.05, 0.1) is 27.5 Å². The molecule has 0 spiro atoms. The molecule has 0 aliphatic heterocycles. The number of nitrogen functional groups attached to an aromatic ring is 2. The van der Waals surface area contributed by atoms with Crippen LogP contribution in [0, 0.1) is 5.41 Å². The van der Waals surface area contributed by atoms with E-state index < -0.39 is 17.6 Å². The lowest BCUT2D eigenvalue weighted by Crippen LogP contribution is -2.35. The Kier molecular flexibility index (Phi) is 5.07. The quantitative estimate of drug-likeness (QED) is 0.340. The summed E-state index contributed by atoms with van der Waals surface area (Å²) < 4.78 is 2.69. The maximum Gasteiger partial charge on any atom is 0.145 e. The second-order valence-corrected chi connectivity index (χ2v) is 9.82. The summed E-state index contributed by atoms with van der Waals surface area (Å²) in [6, 6.07) is 9.66. The molecular weight excluding hydrogens is 472 g/mol. The van der Waals surface area contributed by atoms with Gasteiger partial charge < -0.3 is 26.2 Å². The molecule has 0 amide bonds. The zero-order valence-electron chi connectivity index (χ0n) is 17.6. The predicted octanol–water partition coefficient (Wildman–Crippen LogP) is 3.21. The van der Waals surface area contributed by atoms with Gasteiger partial charge in [-0.05, 0) is 64.4 Å². The molecular formula is C23H25BrN6O2. The minimum atomic E-state index is -0.901. The number of benzene rings is 1. The van der Waals surface area contributed by atoms with Gasteiger partial charge in [0.1, 0.15) is 29.7 Å². The second kappa shape index (κ2) is 7.68. The Labute approximate surface area is 193 Å². The number of hydrogen-bond donors (Lipinski definition) is 4. The number of fused-ring (bicyclic) bond motifs is 2. The van der Waals surface area contributed by atoms with Crippen molar-refractivity contribution in [1.82, 2.24) is 19.5 Å². The Morgan fingerprint density at radius 1 is 1.16 bits per heavy atom. The van der Waals surface area contributed by atoms with E-state index >= 15 is 0 Å². The van der Waals surface area contributed by atoms with Crippen molar-refractivity contribution in [1.29, 1.82) is 0 Å². The highest BCUT2D eigenvalue weighted by Crippen LogP contribution is 2.48. The topological polar surface area (TPSA) is 136 Å². The average molecular weight is 497 g/mol. The molecule has 32 heavy (non-hydrogen) atoms. The van der Waals surface area contributed by atoms with E-state index in [1.54, 1.807) is 0 Å². The molecule has 1 aliphatic rings. The number of aliphatic hydroxyl groups is 2. The minimum absolute atomic E-state index is 0.294. The van der Waals surface area contributed by atoms with E-state index in [-0.39, 0.29) is 6.04 Å². The fourth-order valence-corrected chi connectivity index (χ4v) is 5.24. The number of halogens is 1. The van der Waals surface area contributed by atoms with E-state index in [2.05, 4.69) is 36.9 Å². The van der Waals surface area contributed by atoms with E-state index in [4.69, 9.17) is 11.5 Å². The van der Waals surface area contributed by atoms with Gasteiger partial charge in [0.25, 0.3) is 0 Å². The first kappa shape index (κ1) is 21.1. The fraction of sp³-hybridized carbons (Fsp3) is 0.348. The highest BCUT2D eigenvalue weighted by atomic mass is 79.9. The molecule has 0 radical (unpaired) electrons. The third kappa shape index (κ3) is 3.41. The van der Waals surface area contributed by atoms with Crippen molar-refractivity contribution in [3.8, 4) is 0 Å². The van der Waals surface area contributed by atoms with Crippen LogP contribution >= 0.6 is 15.9 Å². The molecule has 0 bridgehead atoms. The molecule has 9 heteroatoms. The SMILES string of the molecule is CC1(CCc2ccc3cc(Br)c(N)nc3c2)C[C@@H](n2ccc3c(N)ncnc32)[C@H](O)[C@@H]1O. The summed E-state index contributed by atoms with van der Waals surface area (Å²) in [4.78, 5) is 12.8.